The SMILES string of the molecule is O=C(NCc1ccccc1F)c1cc(-c2cccc(Cl)c2)n[nH]1. The number of rotatable bonds is 4. The minimum Gasteiger partial charge on any atom is -0.347 e. The average Bonchev–Trinajstić information content (AvgIpc) is 3.04. The number of aromatic amines is 1. The lowest BCUT2D eigenvalue weighted by Gasteiger charge is -2.04. The summed E-state index contributed by atoms with van der Waals surface area (Å²) in [7, 11) is 0. The van der Waals surface area contributed by atoms with E-state index in [9.17, 15) is 9.18 Å². The summed E-state index contributed by atoms with van der Waals surface area (Å²) in [6.07, 6.45) is 0. The van der Waals surface area contributed by atoms with Crippen molar-refractivity contribution in [2.24, 2.45) is 0 Å². The van der Waals surface area contributed by atoms with E-state index in [-0.39, 0.29) is 18.3 Å². The number of halogens is 2. The van der Waals surface area contributed by atoms with Crippen LogP contribution in [-0.2, 0) is 6.54 Å². The molecule has 0 saturated heterocycles. The van der Waals surface area contributed by atoms with Gasteiger partial charge in [-0.05, 0) is 24.3 Å². The number of H-pyrrole nitrogens is 1. The van der Waals surface area contributed by atoms with Crippen LogP contribution in [0, 0.1) is 5.82 Å². The summed E-state index contributed by atoms with van der Waals surface area (Å²) >= 11 is 5.94. The molecule has 0 radical (unpaired) electrons. The lowest BCUT2D eigenvalue weighted by Crippen LogP contribution is -2.23. The predicted molar refractivity (Wildman–Crippen MR) is 86.6 cm³/mol. The van der Waals surface area contributed by atoms with Crippen LogP contribution in [0.15, 0.2) is 54.6 Å². The first-order chi connectivity index (χ1) is 11.1. The van der Waals surface area contributed by atoms with E-state index in [4.69, 9.17) is 11.6 Å². The van der Waals surface area contributed by atoms with Crippen LogP contribution in [0.2, 0.25) is 5.02 Å². The Morgan fingerprint density at radius 2 is 2.00 bits per heavy atom. The maximum atomic E-state index is 13.5. The van der Waals surface area contributed by atoms with Crippen molar-refractivity contribution in [3.05, 3.63) is 76.7 Å². The van der Waals surface area contributed by atoms with Gasteiger partial charge in [-0.15, -0.1) is 0 Å². The fourth-order valence-electron chi connectivity index (χ4n) is 2.15. The maximum Gasteiger partial charge on any atom is 0.269 e. The Labute approximate surface area is 137 Å². The summed E-state index contributed by atoms with van der Waals surface area (Å²) in [6, 6.07) is 15.1. The zero-order valence-electron chi connectivity index (χ0n) is 12.0. The second kappa shape index (κ2) is 6.62. The number of carbonyl (C=O) groups is 1. The highest BCUT2D eigenvalue weighted by molar-refractivity contribution is 6.30. The summed E-state index contributed by atoms with van der Waals surface area (Å²) in [5, 5.41) is 10.0. The Bertz CT molecular complexity index is 847. The third kappa shape index (κ3) is 3.57. The van der Waals surface area contributed by atoms with Crippen molar-refractivity contribution in [3.8, 4) is 11.3 Å². The smallest absolute Gasteiger partial charge is 0.269 e. The molecule has 0 aliphatic heterocycles. The monoisotopic (exact) mass is 329 g/mol. The van der Waals surface area contributed by atoms with Gasteiger partial charge in [-0.3, -0.25) is 9.89 Å². The van der Waals surface area contributed by atoms with Gasteiger partial charge in [0.05, 0.1) is 5.69 Å². The van der Waals surface area contributed by atoms with Gasteiger partial charge in [0.15, 0.2) is 0 Å². The largest absolute Gasteiger partial charge is 0.347 e. The molecular weight excluding hydrogens is 317 g/mol. The Morgan fingerprint density at radius 3 is 2.78 bits per heavy atom. The van der Waals surface area contributed by atoms with Crippen molar-refractivity contribution in [1.82, 2.24) is 15.5 Å². The average molecular weight is 330 g/mol. The second-order valence-electron chi connectivity index (χ2n) is 4.95. The first kappa shape index (κ1) is 15.2. The van der Waals surface area contributed by atoms with Crippen molar-refractivity contribution in [2.75, 3.05) is 0 Å². The fraction of sp³-hybridized carbons (Fsp3) is 0.0588. The molecule has 4 nitrogen and oxygen atoms in total. The molecule has 2 aromatic carbocycles. The molecule has 3 rings (SSSR count). The second-order valence-corrected chi connectivity index (χ2v) is 5.39. The van der Waals surface area contributed by atoms with Crippen molar-refractivity contribution >= 4 is 17.5 Å². The van der Waals surface area contributed by atoms with Crippen molar-refractivity contribution in [3.63, 3.8) is 0 Å². The Kier molecular flexibility index (Phi) is 4.39. The summed E-state index contributed by atoms with van der Waals surface area (Å²) in [6.45, 7) is 0.108. The zero-order chi connectivity index (χ0) is 16.2. The predicted octanol–water partition coefficient (Wildman–Crippen LogP) is 3.80. The number of hydrogen-bond donors (Lipinski definition) is 2. The summed E-state index contributed by atoms with van der Waals surface area (Å²) < 4.78 is 13.5. The van der Waals surface area contributed by atoms with Gasteiger partial charge in [-0.25, -0.2) is 4.39 Å². The molecule has 0 bridgehead atoms. The Morgan fingerprint density at radius 1 is 1.17 bits per heavy atom. The molecule has 23 heavy (non-hydrogen) atoms. The first-order valence-corrected chi connectivity index (χ1v) is 7.34. The molecule has 0 spiro atoms. The van der Waals surface area contributed by atoms with Gasteiger partial charge < -0.3 is 5.32 Å². The molecule has 1 amide bonds. The van der Waals surface area contributed by atoms with Crippen LogP contribution >= 0.6 is 11.6 Å². The van der Waals surface area contributed by atoms with E-state index in [1.165, 1.54) is 6.07 Å². The number of amides is 1. The number of hydrogen-bond acceptors (Lipinski definition) is 2. The molecule has 0 aliphatic carbocycles. The zero-order valence-corrected chi connectivity index (χ0v) is 12.8. The standard InChI is InChI=1S/C17H13ClFN3O/c18-13-6-3-5-11(8-13)15-9-16(22-21-15)17(23)20-10-12-4-1-2-7-14(12)19/h1-9H,10H2,(H,20,23)(H,21,22). The van der Waals surface area contributed by atoms with E-state index >= 15 is 0 Å². The lowest BCUT2D eigenvalue weighted by molar-refractivity contribution is 0.0945. The highest BCUT2D eigenvalue weighted by Crippen LogP contribution is 2.21. The highest BCUT2D eigenvalue weighted by atomic mass is 35.5. The fourth-order valence-corrected chi connectivity index (χ4v) is 2.34. The van der Waals surface area contributed by atoms with Crippen LogP contribution in [0.5, 0.6) is 0 Å². The number of aromatic nitrogens is 2. The van der Waals surface area contributed by atoms with E-state index < -0.39 is 0 Å². The van der Waals surface area contributed by atoms with E-state index in [0.717, 1.165) is 5.56 Å². The van der Waals surface area contributed by atoms with Gasteiger partial charge in [0.2, 0.25) is 0 Å². The molecule has 6 heteroatoms. The van der Waals surface area contributed by atoms with Gasteiger partial charge in [0, 0.05) is 22.7 Å². The molecule has 116 valence electrons. The third-order valence-electron chi connectivity index (χ3n) is 3.34. The topological polar surface area (TPSA) is 57.8 Å². The lowest BCUT2D eigenvalue weighted by atomic mass is 10.1. The van der Waals surface area contributed by atoms with Crippen molar-refractivity contribution in [2.45, 2.75) is 6.54 Å². The van der Waals surface area contributed by atoms with Gasteiger partial charge in [-0.2, -0.15) is 5.10 Å². The summed E-state index contributed by atoms with van der Waals surface area (Å²) in [5.41, 5.74) is 2.15. The number of nitrogens with zero attached hydrogens (tertiary/aromatic N) is 1. The molecule has 0 unspecified atom stereocenters. The normalized spacial score (nSPS) is 10.5. The maximum absolute atomic E-state index is 13.5. The van der Waals surface area contributed by atoms with Crippen LogP contribution in [0.25, 0.3) is 11.3 Å². The molecular formula is C17H13ClFN3O. The summed E-state index contributed by atoms with van der Waals surface area (Å²) in [4.78, 5) is 12.1. The number of nitrogens with one attached hydrogen (secondary N) is 2. The molecule has 1 aromatic heterocycles. The van der Waals surface area contributed by atoms with Crippen LogP contribution in [0.4, 0.5) is 4.39 Å². The molecule has 0 saturated carbocycles. The van der Waals surface area contributed by atoms with Crippen LogP contribution in [0.1, 0.15) is 16.1 Å². The van der Waals surface area contributed by atoms with Gasteiger partial charge in [-0.1, -0.05) is 41.9 Å². The quantitative estimate of drug-likeness (QED) is 0.765. The first-order valence-electron chi connectivity index (χ1n) is 6.96. The van der Waals surface area contributed by atoms with Crippen LogP contribution in [0.3, 0.4) is 0 Å². The number of benzene rings is 2. The van der Waals surface area contributed by atoms with Gasteiger partial charge in [0.1, 0.15) is 11.5 Å². The van der Waals surface area contributed by atoms with Crippen LogP contribution < -0.4 is 5.32 Å². The molecule has 2 N–H and O–H groups in total. The summed E-state index contributed by atoms with van der Waals surface area (Å²) in [5.74, 6) is -0.703. The molecule has 0 atom stereocenters. The molecule has 0 fully saturated rings. The molecule has 3 aromatic rings. The Balaban J connectivity index is 1.70. The highest BCUT2D eigenvalue weighted by Gasteiger charge is 2.11. The molecule has 0 aliphatic rings. The van der Waals surface area contributed by atoms with Gasteiger partial charge in [0.25, 0.3) is 5.91 Å². The van der Waals surface area contributed by atoms with Crippen molar-refractivity contribution < 1.29 is 9.18 Å². The minimum atomic E-state index is -0.353. The Hall–Kier alpha value is -2.66. The third-order valence-corrected chi connectivity index (χ3v) is 3.58. The van der Waals surface area contributed by atoms with E-state index in [2.05, 4.69) is 15.5 Å². The van der Waals surface area contributed by atoms with E-state index in [1.807, 2.05) is 12.1 Å². The number of carbonyl (C=O) groups excluding carboxylic acids is 1. The minimum absolute atomic E-state index is 0.108. The van der Waals surface area contributed by atoms with E-state index in [0.29, 0.717) is 22.0 Å². The molecule has 1 heterocycles. The van der Waals surface area contributed by atoms with E-state index in [1.54, 1.807) is 36.4 Å². The van der Waals surface area contributed by atoms with Crippen LogP contribution in [-0.4, -0.2) is 16.1 Å². The van der Waals surface area contributed by atoms with Gasteiger partial charge >= 0.3 is 0 Å². The van der Waals surface area contributed by atoms with Crippen molar-refractivity contribution in [1.29, 1.82) is 0 Å².